The molecular weight excluding hydrogens is 202 g/mol. The van der Waals surface area contributed by atoms with Crippen molar-refractivity contribution in [1.82, 2.24) is 15.2 Å². The zero-order valence-electron chi connectivity index (χ0n) is 10.4. The molecule has 0 radical (unpaired) electrons. The lowest BCUT2D eigenvalue weighted by atomic mass is 10.1. The minimum Gasteiger partial charge on any atom is -0.444 e. The standard InChI is InChI=1S/C12H21N3O/c1-4-11-8-15(6-5-13-11)10(3)12-14-7-9(2)16-12/h7,10-11,13H,4-6,8H2,1-3H3. The van der Waals surface area contributed by atoms with Crippen molar-refractivity contribution in [2.75, 3.05) is 19.6 Å². The maximum Gasteiger partial charge on any atom is 0.211 e. The fourth-order valence-electron chi connectivity index (χ4n) is 2.20. The molecule has 90 valence electrons. The number of nitrogens with one attached hydrogen (secondary N) is 1. The first-order valence-electron chi connectivity index (χ1n) is 6.10. The van der Waals surface area contributed by atoms with E-state index in [-0.39, 0.29) is 6.04 Å². The highest BCUT2D eigenvalue weighted by molar-refractivity contribution is 4.97. The normalized spacial score (nSPS) is 24.6. The number of nitrogens with zero attached hydrogens (tertiary/aromatic N) is 2. The Morgan fingerprint density at radius 2 is 2.50 bits per heavy atom. The van der Waals surface area contributed by atoms with Crippen LogP contribution in [0.3, 0.4) is 0 Å². The van der Waals surface area contributed by atoms with Crippen molar-refractivity contribution in [2.24, 2.45) is 0 Å². The van der Waals surface area contributed by atoms with Gasteiger partial charge in [-0.1, -0.05) is 6.92 Å². The molecule has 4 nitrogen and oxygen atoms in total. The van der Waals surface area contributed by atoms with E-state index >= 15 is 0 Å². The van der Waals surface area contributed by atoms with Gasteiger partial charge in [-0.3, -0.25) is 4.90 Å². The van der Waals surface area contributed by atoms with E-state index in [9.17, 15) is 0 Å². The van der Waals surface area contributed by atoms with Crippen molar-refractivity contribution >= 4 is 0 Å². The summed E-state index contributed by atoms with van der Waals surface area (Å²) in [5.74, 6) is 1.73. The van der Waals surface area contributed by atoms with E-state index in [0.717, 1.165) is 31.3 Å². The van der Waals surface area contributed by atoms with Crippen molar-refractivity contribution < 1.29 is 4.42 Å². The number of aromatic nitrogens is 1. The summed E-state index contributed by atoms with van der Waals surface area (Å²) in [6, 6.07) is 0.886. The molecule has 2 atom stereocenters. The van der Waals surface area contributed by atoms with Gasteiger partial charge in [0, 0.05) is 25.7 Å². The first-order valence-corrected chi connectivity index (χ1v) is 6.10. The second-order valence-corrected chi connectivity index (χ2v) is 4.54. The topological polar surface area (TPSA) is 41.3 Å². The molecule has 16 heavy (non-hydrogen) atoms. The average molecular weight is 223 g/mol. The highest BCUT2D eigenvalue weighted by Gasteiger charge is 2.25. The van der Waals surface area contributed by atoms with Crippen molar-refractivity contribution in [2.45, 2.75) is 39.3 Å². The van der Waals surface area contributed by atoms with Gasteiger partial charge in [-0.2, -0.15) is 0 Å². The lowest BCUT2D eigenvalue weighted by Gasteiger charge is -2.35. The van der Waals surface area contributed by atoms with Crippen molar-refractivity contribution in [3.05, 3.63) is 17.8 Å². The fraction of sp³-hybridized carbons (Fsp3) is 0.750. The first kappa shape index (κ1) is 11.6. The minimum absolute atomic E-state index is 0.282. The zero-order chi connectivity index (χ0) is 11.5. The zero-order valence-corrected chi connectivity index (χ0v) is 10.4. The summed E-state index contributed by atoms with van der Waals surface area (Å²) in [5, 5.41) is 3.52. The molecule has 1 fully saturated rings. The fourth-order valence-corrected chi connectivity index (χ4v) is 2.20. The summed E-state index contributed by atoms with van der Waals surface area (Å²) in [7, 11) is 0. The molecule has 2 heterocycles. The van der Waals surface area contributed by atoms with Crippen LogP contribution in [0.5, 0.6) is 0 Å². The van der Waals surface area contributed by atoms with Crippen molar-refractivity contribution in [3.63, 3.8) is 0 Å². The van der Waals surface area contributed by atoms with Crippen LogP contribution in [-0.2, 0) is 0 Å². The van der Waals surface area contributed by atoms with Crippen molar-refractivity contribution in [1.29, 1.82) is 0 Å². The molecule has 1 saturated heterocycles. The summed E-state index contributed by atoms with van der Waals surface area (Å²) in [6.07, 6.45) is 2.97. The minimum atomic E-state index is 0.282. The Kier molecular flexibility index (Phi) is 3.61. The van der Waals surface area contributed by atoms with Gasteiger partial charge in [0.25, 0.3) is 0 Å². The van der Waals surface area contributed by atoms with Crippen LogP contribution in [0.1, 0.15) is 38.0 Å². The van der Waals surface area contributed by atoms with E-state index in [2.05, 4.69) is 29.0 Å². The largest absolute Gasteiger partial charge is 0.444 e. The van der Waals surface area contributed by atoms with E-state index in [0.29, 0.717) is 6.04 Å². The van der Waals surface area contributed by atoms with Crippen molar-refractivity contribution in [3.8, 4) is 0 Å². The lowest BCUT2D eigenvalue weighted by Crippen LogP contribution is -2.50. The predicted molar refractivity (Wildman–Crippen MR) is 63.3 cm³/mol. The van der Waals surface area contributed by atoms with Gasteiger partial charge < -0.3 is 9.73 Å². The lowest BCUT2D eigenvalue weighted by molar-refractivity contribution is 0.132. The van der Waals surface area contributed by atoms with Crippen LogP contribution in [0, 0.1) is 6.92 Å². The predicted octanol–water partition coefficient (Wildman–Crippen LogP) is 1.73. The Bertz CT molecular complexity index is 337. The molecule has 2 unspecified atom stereocenters. The average Bonchev–Trinajstić information content (AvgIpc) is 2.75. The van der Waals surface area contributed by atoms with Crippen LogP contribution in [0.15, 0.2) is 10.6 Å². The van der Waals surface area contributed by atoms with Crippen LogP contribution in [0.25, 0.3) is 0 Å². The molecule has 0 amide bonds. The SMILES string of the molecule is CCC1CN(C(C)c2ncc(C)o2)CCN1. The van der Waals surface area contributed by atoms with Gasteiger partial charge >= 0.3 is 0 Å². The summed E-state index contributed by atoms with van der Waals surface area (Å²) in [4.78, 5) is 6.75. The molecule has 1 aromatic heterocycles. The Morgan fingerprint density at radius 3 is 3.12 bits per heavy atom. The van der Waals surface area contributed by atoms with Gasteiger partial charge in [0.15, 0.2) is 0 Å². The first-order chi connectivity index (χ1) is 7.70. The van der Waals surface area contributed by atoms with E-state index in [1.54, 1.807) is 6.20 Å². The van der Waals surface area contributed by atoms with Gasteiger partial charge in [0.2, 0.25) is 5.89 Å². The smallest absolute Gasteiger partial charge is 0.211 e. The van der Waals surface area contributed by atoms with Crippen LogP contribution in [0.2, 0.25) is 0 Å². The van der Waals surface area contributed by atoms with E-state index < -0.39 is 0 Å². The molecule has 4 heteroatoms. The number of aryl methyl sites for hydroxylation is 1. The van der Waals surface area contributed by atoms with Gasteiger partial charge in [-0.05, 0) is 20.3 Å². The molecule has 0 aliphatic carbocycles. The Hall–Kier alpha value is -0.870. The molecule has 1 aromatic rings. The summed E-state index contributed by atoms with van der Waals surface area (Å²) in [5.41, 5.74) is 0. The highest BCUT2D eigenvalue weighted by Crippen LogP contribution is 2.21. The maximum atomic E-state index is 5.59. The molecular formula is C12H21N3O. The molecule has 0 saturated carbocycles. The molecule has 0 bridgehead atoms. The number of oxazole rings is 1. The molecule has 1 N–H and O–H groups in total. The molecule has 2 rings (SSSR count). The number of hydrogen-bond acceptors (Lipinski definition) is 4. The molecule has 0 aromatic carbocycles. The summed E-state index contributed by atoms with van der Waals surface area (Å²) >= 11 is 0. The third-order valence-corrected chi connectivity index (χ3v) is 3.32. The highest BCUT2D eigenvalue weighted by atomic mass is 16.4. The van der Waals surface area contributed by atoms with Gasteiger partial charge in [-0.15, -0.1) is 0 Å². The summed E-state index contributed by atoms with van der Waals surface area (Å²) in [6.45, 7) is 9.54. The maximum absolute atomic E-state index is 5.59. The van der Waals surface area contributed by atoms with E-state index in [1.165, 1.54) is 6.42 Å². The number of hydrogen-bond donors (Lipinski definition) is 1. The van der Waals surface area contributed by atoms with Gasteiger partial charge in [0.1, 0.15) is 5.76 Å². The summed E-state index contributed by atoms with van der Waals surface area (Å²) < 4.78 is 5.59. The monoisotopic (exact) mass is 223 g/mol. The van der Waals surface area contributed by atoms with Crippen LogP contribution in [-0.4, -0.2) is 35.6 Å². The van der Waals surface area contributed by atoms with E-state index in [1.807, 2.05) is 6.92 Å². The van der Waals surface area contributed by atoms with Crippen LogP contribution in [0.4, 0.5) is 0 Å². The molecule has 0 spiro atoms. The Morgan fingerprint density at radius 1 is 1.69 bits per heavy atom. The third-order valence-electron chi connectivity index (χ3n) is 3.32. The molecule has 1 aliphatic rings. The number of piperazine rings is 1. The second-order valence-electron chi connectivity index (χ2n) is 4.54. The molecule has 1 aliphatic heterocycles. The van der Waals surface area contributed by atoms with Gasteiger partial charge in [0.05, 0.1) is 12.2 Å². The van der Waals surface area contributed by atoms with E-state index in [4.69, 9.17) is 4.42 Å². The van der Waals surface area contributed by atoms with Gasteiger partial charge in [-0.25, -0.2) is 4.98 Å². The quantitative estimate of drug-likeness (QED) is 0.847. The third kappa shape index (κ3) is 2.44. The second kappa shape index (κ2) is 4.97. The number of rotatable bonds is 3. The van der Waals surface area contributed by atoms with Crippen LogP contribution < -0.4 is 5.32 Å². The Balaban J connectivity index is 2.01. The van der Waals surface area contributed by atoms with Crippen LogP contribution >= 0.6 is 0 Å². The Labute approximate surface area is 97.0 Å².